The van der Waals surface area contributed by atoms with Crippen LogP contribution in [0.5, 0.6) is 0 Å². The average molecular weight is 546 g/mol. The highest BCUT2D eigenvalue weighted by atomic mass is 32.2. The van der Waals surface area contributed by atoms with Gasteiger partial charge in [-0.1, -0.05) is 88.7 Å². The molecule has 2 atom stereocenters. The molecule has 0 heterocycles. The van der Waals surface area contributed by atoms with Crippen molar-refractivity contribution < 1.29 is 19.4 Å². The van der Waals surface area contributed by atoms with Gasteiger partial charge in [0.15, 0.2) is 0 Å². The third-order valence-corrected chi connectivity index (χ3v) is 8.59. The van der Waals surface area contributed by atoms with Gasteiger partial charge in [-0.15, -0.1) is 11.8 Å². The van der Waals surface area contributed by atoms with E-state index in [2.05, 4.69) is 11.8 Å². The molecule has 8 heteroatoms. The molecular weight excluding hydrogens is 499 g/mol. The van der Waals surface area contributed by atoms with Crippen molar-refractivity contribution in [2.24, 2.45) is 0 Å². The molecule has 0 bridgehead atoms. The molecule has 0 aliphatic rings. The first-order valence-electron chi connectivity index (χ1n) is 13.0. The number of hydrogen-bond acceptors (Lipinski definition) is 6. The molecule has 0 saturated carbocycles. The van der Waals surface area contributed by atoms with E-state index in [0.717, 1.165) is 12.2 Å². The number of esters is 1. The lowest BCUT2D eigenvalue weighted by Gasteiger charge is -2.33. The highest BCUT2D eigenvalue weighted by Crippen LogP contribution is 2.42. The van der Waals surface area contributed by atoms with Gasteiger partial charge in [0.2, 0.25) is 5.54 Å². The van der Waals surface area contributed by atoms with Crippen LogP contribution < -0.4 is 0 Å². The summed E-state index contributed by atoms with van der Waals surface area (Å²) in [6.45, 7) is 18.8. The smallest absolute Gasteiger partial charge is 0.323 e. The lowest BCUT2D eigenvalue weighted by Crippen LogP contribution is -2.44. The molecule has 35 heavy (non-hydrogen) atoms. The van der Waals surface area contributed by atoms with Gasteiger partial charge >= 0.3 is 11.9 Å². The van der Waals surface area contributed by atoms with Crippen molar-refractivity contribution in [2.45, 2.75) is 141 Å². The molecule has 0 radical (unpaired) electrons. The fourth-order valence-electron chi connectivity index (χ4n) is 3.78. The first kappa shape index (κ1) is 34.2. The molecule has 0 aromatic carbocycles. The number of carboxylic acids is 1. The maximum atomic E-state index is 13.2. The molecule has 0 amide bonds. The minimum absolute atomic E-state index is 0.119. The number of carbonyl (C=O) groups excluding carboxylic acids is 1. The lowest BCUT2D eigenvalue weighted by atomic mass is 9.86. The van der Waals surface area contributed by atoms with Crippen LogP contribution in [0.15, 0.2) is 0 Å². The quantitative estimate of drug-likeness (QED) is 0.0799. The number of hydrogen-bond donors (Lipinski definition) is 1. The van der Waals surface area contributed by atoms with E-state index in [1.54, 1.807) is 25.6 Å². The maximum Gasteiger partial charge on any atom is 0.323 e. The van der Waals surface area contributed by atoms with Crippen LogP contribution in [-0.4, -0.2) is 42.2 Å². The van der Waals surface area contributed by atoms with Crippen LogP contribution in [0.4, 0.5) is 0 Å². The van der Waals surface area contributed by atoms with E-state index < -0.39 is 27.8 Å². The van der Waals surface area contributed by atoms with Crippen LogP contribution in [0, 0.1) is 6.57 Å². The largest absolute Gasteiger partial charge is 0.481 e. The van der Waals surface area contributed by atoms with Gasteiger partial charge in [-0.2, -0.15) is 0 Å². The predicted octanol–water partition coefficient (Wildman–Crippen LogP) is 8.69. The summed E-state index contributed by atoms with van der Waals surface area (Å²) in [7, 11) is 0. The zero-order valence-electron chi connectivity index (χ0n) is 22.7. The van der Waals surface area contributed by atoms with Gasteiger partial charge in [-0.3, -0.25) is 9.59 Å². The van der Waals surface area contributed by atoms with Gasteiger partial charge in [-0.05, 0) is 39.9 Å². The summed E-state index contributed by atoms with van der Waals surface area (Å²) in [6.07, 6.45) is 13.1. The Balaban J connectivity index is 4.78. The number of rotatable bonds is 18. The number of nitrogens with zero attached hydrogens (tertiary/aromatic N) is 1. The highest BCUT2D eigenvalue weighted by Gasteiger charge is 2.48. The number of carbonyl (C=O) groups is 2. The third kappa shape index (κ3) is 17.3. The summed E-state index contributed by atoms with van der Waals surface area (Å²) >= 11 is 8.48. The zero-order valence-corrected chi connectivity index (χ0v) is 25.2. The van der Waals surface area contributed by atoms with Gasteiger partial charge in [0.1, 0.15) is 13.9 Å². The molecule has 0 spiro atoms. The fraction of sp³-hybridized carbons (Fsp3) is 0.852. The van der Waals surface area contributed by atoms with Crippen LogP contribution in [0.1, 0.15) is 125 Å². The Morgan fingerprint density at radius 3 is 1.91 bits per heavy atom. The summed E-state index contributed by atoms with van der Waals surface area (Å²) in [5.41, 5.74) is -1.66. The number of thiocarbonyl (C=S) groups is 1. The normalized spacial score (nSPS) is 15.0. The summed E-state index contributed by atoms with van der Waals surface area (Å²) < 4.78 is 5.29. The predicted molar refractivity (Wildman–Crippen MR) is 155 cm³/mol. The van der Waals surface area contributed by atoms with E-state index in [-0.39, 0.29) is 19.3 Å². The molecule has 1 N–H and O–H groups in total. The molecule has 0 rings (SSSR count). The first-order valence-corrected chi connectivity index (χ1v) is 15.2. The highest BCUT2D eigenvalue weighted by molar-refractivity contribution is 8.47. The van der Waals surface area contributed by atoms with E-state index in [1.807, 2.05) is 20.8 Å². The Morgan fingerprint density at radius 1 is 0.943 bits per heavy atom. The molecule has 0 saturated heterocycles. The Bertz CT molecular complexity index is 702. The number of carboxylic acid groups (broad SMARTS) is 1. The van der Waals surface area contributed by atoms with E-state index >= 15 is 0 Å². The molecule has 0 aliphatic heterocycles. The maximum absolute atomic E-state index is 13.2. The van der Waals surface area contributed by atoms with E-state index in [0.29, 0.717) is 3.53 Å². The molecule has 5 nitrogen and oxygen atoms in total. The lowest BCUT2D eigenvalue weighted by molar-refractivity contribution is -0.157. The van der Waals surface area contributed by atoms with Crippen molar-refractivity contribution in [1.82, 2.24) is 0 Å². The second kappa shape index (κ2) is 17.6. The summed E-state index contributed by atoms with van der Waals surface area (Å²) in [5, 5.41) is 9.09. The fourth-order valence-corrected chi connectivity index (χ4v) is 7.01. The SMILES string of the molecule is [C-]#[N+]C(C)(CCC(=O)O)CC(C)(SC(=S)SCCCCCCCCCCCC)C(=O)OC(C)(C)C. The van der Waals surface area contributed by atoms with Crippen LogP contribution in [0.3, 0.4) is 0 Å². The van der Waals surface area contributed by atoms with Crippen LogP contribution in [0.2, 0.25) is 0 Å². The number of thioether (sulfide) groups is 2. The first-order chi connectivity index (χ1) is 16.3. The topological polar surface area (TPSA) is 68.0 Å². The number of aliphatic carboxylic acids is 1. The van der Waals surface area contributed by atoms with Crippen molar-refractivity contribution in [1.29, 1.82) is 0 Å². The molecule has 0 aliphatic carbocycles. The third-order valence-electron chi connectivity index (χ3n) is 5.72. The minimum Gasteiger partial charge on any atom is -0.481 e. The summed E-state index contributed by atoms with van der Waals surface area (Å²) in [5.74, 6) is -0.456. The van der Waals surface area contributed by atoms with Crippen LogP contribution in [0.25, 0.3) is 4.85 Å². The van der Waals surface area contributed by atoms with E-state index in [4.69, 9.17) is 28.6 Å². The second-order valence-electron chi connectivity index (χ2n) is 10.8. The van der Waals surface area contributed by atoms with E-state index in [1.165, 1.54) is 69.5 Å². The molecule has 202 valence electrons. The summed E-state index contributed by atoms with van der Waals surface area (Å²) in [4.78, 5) is 28.0. The van der Waals surface area contributed by atoms with Crippen molar-refractivity contribution in [3.8, 4) is 0 Å². The van der Waals surface area contributed by atoms with Gasteiger partial charge < -0.3 is 14.7 Å². The van der Waals surface area contributed by atoms with Crippen molar-refractivity contribution in [2.75, 3.05) is 5.75 Å². The molecule has 2 unspecified atom stereocenters. The second-order valence-corrected chi connectivity index (χ2v) is 14.6. The Labute approximate surface area is 228 Å². The zero-order chi connectivity index (χ0) is 27.0. The van der Waals surface area contributed by atoms with Gasteiger partial charge in [-0.25, -0.2) is 6.57 Å². The summed E-state index contributed by atoms with van der Waals surface area (Å²) in [6, 6.07) is 0. The van der Waals surface area contributed by atoms with Gasteiger partial charge in [0, 0.05) is 13.3 Å². The molecule has 0 aromatic rings. The van der Waals surface area contributed by atoms with Crippen LogP contribution >= 0.6 is 35.7 Å². The molecule has 0 aromatic heterocycles. The van der Waals surface area contributed by atoms with Crippen molar-refractivity contribution in [3.63, 3.8) is 0 Å². The Morgan fingerprint density at radius 2 is 1.46 bits per heavy atom. The molecule has 0 fully saturated rings. The Kier molecular flexibility index (Phi) is 17.2. The van der Waals surface area contributed by atoms with Gasteiger partial charge in [0.05, 0.1) is 12.8 Å². The molecular formula is C27H47NO4S3. The average Bonchev–Trinajstić information content (AvgIpc) is 2.74. The monoisotopic (exact) mass is 545 g/mol. The van der Waals surface area contributed by atoms with Crippen LogP contribution in [-0.2, 0) is 14.3 Å². The van der Waals surface area contributed by atoms with Crippen molar-refractivity contribution in [3.05, 3.63) is 11.4 Å². The van der Waals surface area contributed by atoms with E-state index in [9.17, 15) is 9.59 Å². The van der Waals surface area contributed by atoms with Crippen molar-refractivity contribution >= 4 is 51.2 Å². The minimum atomic E-state index is -1.06. The van der Waals surface area contributed by atoms with Gasteiger partial charge in [0.25, 0.3) is 0 Å². The number of unbranched alkanes of at least 4 members (excludes halogenated alkanes) is 9. The Hall–Kier alpha value is -0.780. The standard InChI is InChI=1S/C27H47NO4S3/c1-8-9-10-11-12-13-14-15-16-17-20-34-24(33)35-27(6,23(31)32-25(2,3)4)21-26(5,28-7)19-18-22(29)30/h8-21H2,1-6H3,(H,29,30). The number of ether oxygens (including phenoxy) is 1.